The Morgan fingerprint density at radius 3 is 2.64 bits per heavy atom. The zero-order valence-corrected chi connectivity index (χ0v) is 13.8. The van der Waals surface area contributed by atoms with Crippen molar-refractivity contribution < 1.29 is 9.18 Å². The van der Waals surface area contributed by atoms with Crippen LogP contribution in [0.1, 0.15) is 23.2 Å². The zero-order chi connectivity index (χ0) is 17.4. The van der Waals surface area contributed by atoms with Gasteiger partial charge in [0.2, 0.25) is 0 Å². The molecule has 1 aromatic heterocycles. The molecule has 1 unspecified atom stereocenters. The van der Waals surface area contributed by atoms with Crippen molar-refractivity contribution in [3.05, 3.63) is 64.3 Å². The quantitative estimate of drug-likeness (QED) is 0.926. The van der Waals surface area contributed by atoms with Gasteiger partial charge in [0.25, 0.3) is 11.5 Å². The number of fused-ring (bicyclic) bond motifs is 3. The minimum Gasteiger partial charge on any atom is -0.348 e. The van der Waals surface area contributed by atoms with Gasteiger partial charge < -0.3 is 10.2 Å². The van der Waals surface area contributed by atoms with Gasteiger partial charge in [0, 0.05) is 24.8 Å². The first kappa shape index (κ1) is 16.0. The van der Waals surface area contributed by atoms with Crippen LogP contribution >= 0.6 is 0 Å². The first-order chi connectivity index (χ1) is 12.1. The molecule has 3 saturated heterocycles. The van der Waals surface area contributed by atoms with Crippen molar-refractivity contribution in [2.45, 2.75) is 18.9 Å². The third-order valence-corrected chi connectivity index (χ3v) is 5.23. The number of rotatable bonds is 3. The molecule has 0 spiro atoms. The average Bonchev–Trinajstić information content (AvgIpc) is 2.63. The Labute approximate surface area is 145 Å². The first-order valence-electron chi connectivity index (χ1n) is 8.62. The second kappa shape index (κ2) is 6.44. The molecule has 5 nitrogen and oxygen atoms in total. The molecule has 0 radical (unpaired) electrons. The van der Waals surface area contributed by atoms with Gasteiger partial charge in [-0.05, 0) is 56.1 Å². The first-order valence-corrected chi connectivity index (χ1v) is 8.62. The van der Waals surface area contributed by atoms with E-state index in [0.29, 0.717) is 17.2 Å². The van der Waals surface area contributed by atoms with E-state index in [0.717, 1.165) is 32.5 Å². The number of benzene rings is 1. The van der Waals surface area contributed by atoms with Crippen LogP contribution in [-0.4, -0.2) is 41.1 Å². The molecule has 4 heterocycles. The molecule has 5 rings (SSSR count). The Bertz CT molecular complexity index is 856. The number of hydrogen-bond acceptors (Lipinski definition) is 3. The van der Waals surface area contributed by atoms with Gasteiger partial charge in [0.1, 0.15) is 5.82 Å². The Kier molecular flexibility index (Phi) is 4.13. The molecule has 1 atom stereocenters. The van der Waals surface area contributed by atoms with Gasteiger partial charge in [0.05, 0.1) is 11.3 Å². The summed E-state index contributed by atoms with van der Waals surface area (Å²) >= 11 is 0. The molecule has 25 heavy (non-hydrogen) atoms. The lowest BCUT2D eigenvalue weighted by Gasteiger charge is -2.44. The van der Waals surface area contributed by atoms with Gasteiger partial charge in [-0.15, -0.1) is 0 Å². The van der Waals surface area contributed by atoms with Crippen LogP contribution < -0.4 is 10.9 Å². The van der Waals surface area contributed by atoms with Crippen LogP contribution in [0.5, 0.6) is 0 Å². The van der Waals surface area contributed by atoms with Crippen LogP contribution in [0.2, 0.25) is 0 Å². The SMILES string of the molecule is O=C(NC1CN2CCC1CC2)c1ccc(=O)n(-c2cccc(F)c2)c1. The maximum atomic E-state index is 13.4. The van der Waals surface area contributed by atoms with E-state index in [9.17, 15) is 14.0 Å². The van der Waals surface area contributed by atoms with E-state index in [1.807, 2.05) is 0 Å². The Morgan fingerprint density at radius 1 is 1.16 bits per heavy atom. The van der Waals surface area contributed by atoms with E-state index in [2.05, 4.69) is 10.2 Å². The molecular formula is C19H20FN3O2. The Balaban J connectivity index is 1.57. The molecule has 6 heteroatoms. The monoisotopic (exact) mass is 341 g/mol. The number of halogens is 1. The fourth-order valence-electron chi connectivity index (χ4n) is 3.83. The molecule has 1 amide bonds. The Hall–Kier alpha value is -2.47. The van der Waals surface area contributed by atoms with Crippen molar-refractivity contribution >= 4 is 5.91 Å². The van der Waals surface area contributed by atoms with Crippen molar-refractivity contribution in [2.75, 3.05) is 19.6 Å². The van der Waals surface area contributed by atoms with E-state index in [4.69, 9.17) is 0 Å². The second-order valence-electron chi connectivity index (χ2n) is 6.82. The summed E-state index contributed by atoms with van der Waals surface area (Å²) in [5.74, 6) is -0.0847. The van der Waals surface area contributed by atoms with Gasteiger partial charge in [-0.1, -0.05) is 6.07 Å². The van der Waals surface area contributed by atoms with Gasteiger partial charge in [0.15, 0.2) is 0 Å². The lowest BCUT2D eigenvalue weighted by atomic mass is 9.84. The van der Waals surface area contributed by atoms with Crippen molar-refractivity contribution in [1.29, 1.82) is 0 Å². The summed E-state index contributed by atoms with van der Waals surface area (Å²) in [7, 11) is 0. The summed E-state index contributed by atoms with van der Waals surface area (Å²) in [5.41, 5.74) is 0.507. The molecule has 2 aromatic rings. The highest BCUT2D eigenvalue weighted by atomic mass is 19.1. The molecule has 3 aliphatic rings. The van der Waals surface area contributed by atoms with Gasteiger partial charge in [-0.2, -0.15) is 0 Å². The van der Waals surface area contributed by atoms with E-state index in [-0.39, 0.29) is 17.5 Å². The van der Waals surface area contributed by atoms with Crippen LogP contribution in [-0.2, 0) is 0 Å². The highest BCUT2D eigenvalue weighted by Crippen LogP contribution is 2.27. The lowest BCUT2D eigenvalue weighted by molar-refractivity contribution is 0.0620. The predicted molar refractivity (Wildman–Crippen MR) is 92.4 cm³/mol. The molecule has 3 fully saturated rings. The summed E-state index contributed by atoms with van der Waals surface area (Å²) in [6.07, 6.45) is 3.72. The lowest BCUT2D eigenvalue weighted by Crippen LogP contribution is -2.57. The summed E-state index contributed by atoms with van der Waals surface area (Å²) < 4.78 is 14.7. The number of piperidine rings is 3. The van der Waals surface area contributed by atoms with Gasteiger partial charge in [-0.3, -0.25) is 14.2 Å². The summed E-state index contributed by atoms with van der Waals surface area (Å²) in [6, 6.07) is 8.79. The van der Waals surface area contributed by atoms with Crippen LogP contribution in [0.4, 0.5) is 4.39 Å². The fourth-order valence-corrected chi connectivity index (χ4v) is 3.83. The van der Waals surface area contributed by atoms with Gasteiger partial charge >= 0.3 is 0 Å². The third-order valence-electron chi connectivity index (χ3n) is 5.23. The number of hydrogen-bond donors (Lipinski definition) is 1. The average molecular weight is 341 g/mol. The number of carbonyl (C=O) groups excluding carboxylic acids is 1. The number of amides is 1. The van der Waals surface area contributed by atoms with Crippen LogP contribution in [0.15, 0.2) is 47.4 Å². The summed E-state index contributed by atoms with van der Waals surface area (Å²) in [4.78, 5) is 27.1. The van der Waals surface area contributed by atoms with Crippen LogP contribution in [0, 0.1) is 11.7 Å². The molecule has 130 valence electrons. The van der Waals surface area contributed by atoms with E-state index in [1.54, 1.807) is 6.07 Å². The zero-order valence-electron chi connectivity index (χ0n) is 13.8. The van der Waals surface area contributed by atoms with Crippen molar-refractivity contribution in [2.24, 2.45) is 5.92 Å². The summed E-state index contributed by atoms with van der Waals surface area (Å²) in [5, 5.41) is 3.11. The third kappa shape index (κ3) is 3.22. The minimum atomic E-state index is -0.425. The van der Waals surface area contributed by atoms with Crippen molar-refractivity contribution in [1.82, 2.24) is 14.8 Å². The molecule has 0 aliphatic carbocycles. The number of nitrogens with zero attached hydrogens (tertiary/aromatic N) is 2. The highest BCUT2D eigenvalue weighted by Gasteiger charge is 2.34. The minimum absolute atomic E-state index is 0.157. The van der Waals surface area contributed by atoms with E-state index < -0.39 is 5.82 Å². The second-order valence-corrected chi connectivity index (χ2v) is 6.82. The molecule has 2 bridgehead atoms. The van der Waals surface area contributed by atoms with E-state index >= 15 is 0 Å². The molecule has 1 N–H and O–H groups in total. The standard InChI is InChI=1S/C19H20FN3O2/c20-15-2-1-3-16(10-15)23-11-14(4-5-18(23)24)19(25)21-17-12-22-8-6-13(17)7-9-22/h1-5,10-11,13,17H,6-9,12H2,(H,21,25). The van der Waals surface area contributed by atoms with Crippen molar-refractivity contribution in [3.63, 3.8) is 0 Å². The van der Waals surface area contributed by atoms with E-state index in [1.165, 1.54) is 41.1 Å². The largest absolute Gasteiger partial charge is 0.348 e. The highest BCUT2D eigenvalue weighted by molar-refractivity contribution is 5.94. The molecule has 0 saturated carbocycles. The van der Waals surface area contributed by atoms with Crippen molar-refractivity contribution in [3.8, 4) is 5.69 Å². The molecule has 3 aliphatic heterocycles. The normalized spacial score (nSPS) is 24.9. The van der Waals surface area contributed by atoms with Gasteiger partial charge in [-0.25, -0.2) is 4.39 Å². The molecule has 1 aromatic carbocycles. The Morgan fingerprint density at radius 2 is 1.96 bits per heavy atom. The maximum absolute atomic E-state index is 13.4. The maximum Gasteiger partial charge on any atom is 0.255 e. The number of aromatic nitrogens is 1. The predicted octanol–water partition coefficient (Wildman–Crippen LogP) is 1.80. The number of pyridine rings is 1. The smallest absolute Gasteiger partial charge is 0.255 e. The topological polar surface area (TPSA) is 54.3 Å². The number of nitrogens with one attached hydrogen (secondary N) is 1. The number of carbonyl (C=O) groups is 1. The fraction of sp³-hybridized carbons (Fsp3) is 0.368. The summed E-state index contributed by atoms with van der Waals surface area (Å²) in [6.45, 7) is 3.11. The van der Waals surface area contributed by atoms with Crippen LogP contribution in [0.25, 0.3) is 5.69 Å². The molecular weight excluding hydrogens is 321 g/mol. The van der Waals surface area contributed by atoms with Crippen LogP contribution in [0.3, 0.4) is 0 Å².